The molecule has 128 valence electrons. The molecule has 0 bridgehead atoms. The SMILES string of the molecule is O=C(O)c1cccc(S(=O)(=O)Nc2ccc(Cl)c(C(F)(F)F)c2)c1. The van der Waals surface area contributed by atoms with Gasteiger partial charge in [-0.05, 0) is 36.4 Å². The molecule has 0 atom stereocenters. The van der Waals surface area contributed by atoms with Crippen molar-refractivity contribution in [2.75, 3.05) is 4.72 Å². The van der Waals surface area contributed by atoms with Crippen LogP contribution in [0.2, 0.25) is 5.02 Å². The highest BCUT2D eigenvalue weighted by Gasteiger charge is 2.33. The molecule has 2 N–H and O–H groups in total. The van der Waals surface area contributed by atoms with Crippen molar-refractivity contribution in [1.82, 2.24) is 0 Å². The molecule has 24 heavy (non-hydrogen) atoms. The van der Waals surface area contributed by atoms with Crippen LogP contribution in [0.4, 0.5) is 18.9 Å². The molecule has 5 nitrogen and oxygen atoms in total. The van der Waals surface area contributed by atoms with E-state index in [4.69, 9.17) is 16.7 Å². The van der Waals surface area contributed by atoms with Gasteiger partial charge < -0.3 is 5.11 Å². The van der Waals surface area contributed by atoms with Gasteiger partial charge in [-0.1, -0.05) is 17.7 Å². The molecule has 2 aromatic carbocycles. The molecule has 2 aromatic rings. The first kappa shape index (κ1) is 18.1. The highest BCUT2D eigenvalue weighted by Crippen LogP contribution is 2.36. The molecule has 0 spiro atoms. The number of sulfonamides is 1. The van der Waals surface area contributed by atoms with Gasteiger partial charge in [0.05, 0.1) is 21.0 Å². The second-order valence-corrected chi connectivity index (χ2v) is 6.72. The number of carbonyl (C=O) groups is 1. The summed E-state index contributed by atoms with van der Waals surface area (Å²) >= 11 is 5.46. The molecule has 0 amide bonds. The Morgan fingerprint density at radius 3 is 2.38 bits per heavy atom. The minimum absolute atomic E-state index is 0.273. The second-order valence-electron chi connectivity index (χ2n) is 4.63. The lowest BCUT2D eigenvalue weighted by Gasteiger charge is -2.13. The largest absolute Gasteiger partial charge is 0.478 e. The van der Waals surface area contributed by atoms with E-state index >= 15 is 0 Å². The Morgan fingerprint density at radius 2 is 1.79 bits per heavy atom. The molecule has 0 heterocycles. The molecule has 10 heteroatoms. The number of rotatable bonds is 4. The highest BCUT2D eigenvalue weighted by molar-refractivity contribution is 7.92. The number of hydrogen-bond acceptors (Lipinski definition) is 3. The van der Waals surface area contributed by atoms with Crippen LogP contribution in [-0.2, 0) is 16.2 Å². The smallest absolute Gasteiger partial charge is 0.417 e. The summed E-state index contributed by atoms with van der Waals surface area (Å²) in [6, 6.07) is 6.94. The predicted molar refractivity (Wildman–Crippen MR) is 80.7 cm³/mol. The van der Waals surface area contributed by atoms with Crippen molar-refractivity contribution in [1.29, 1.82) is 0 Å². The van der Waals surface area contributed by atoms with Crippen molar-refractivity contribution >= 4 is 33.3 Å². The maximum atomic E-state index is 12.8. The summed E-state index contributed by atoms with van der Waals surface area (Å²) in [5.41, 5.74) is -1.82. The summed E-state index contributed by atoms with van der Waals surface area (Å²) < 4.78 is 64.8. The molecule has 2 rings (SSSR count). The second kappa shape index (κ2) is 6.33. The highest BCUT2D eigenvalue weighted by atomic mass is 35.5. The van der Waals surface area contributed by atoms with Crippen LogP contribution < -0.4 is 4.72 Å². The fourth-order valence-corrected chi connectivity index (χ4v) is 3.14. The maximum Gasteiger partial charge on any atom is 0.417 e. The predicted octanol–water partition coefficient (Wildman–Crippen LogP) is 3.86. The zero-order chi connectivity index (χ0) is 18.1. The van der Waals surface area contributed by atoms with Gasteiger partial charge >= 0.3 is 12.1 Å². The molecule has 0 aliphatic rings. The Labute approximate surface area is 139 Å². The van der Waals surface area contributed by atoms with E-state index in [1.165, 1.54) is 12.1 Å². The Bertz CT molecular complexity index is 897. The van der Waals surface area contributed by atoms with E-state index in [2.05, 4.69) is 0 Å². The van der Waals surface area contributed by atoms with Crippen molar-refractivity contribution in [3.8, 4) is 0 Å². The number of halogens is 4. The summed E-state index contributed by atoms with van der Waals surface area (Å²) in [4.78, 5) is 10.5. The fraction of sp³-hybridized carbons (Fsp3) is 0.0714. The zero-order valence-electron chi connectivity index (χ0n) is 11.6. The average Bonchev–Trinajstić information content (AvgIpc) is 2.48. The van der Waals surface area contributed by atoms with E-state index in [0.29, 0.717) is 6.07 Å². The minimum atomic E-state index is -4.75. The molecule has 0 aromatic heterocycles. The number of aromatic carboxylic acids is 1. The monoisotopic (exact) mass is 379 g/mol. The average molecular weight is 380 g/mol. The summed E-state index contributed by atoms with van der Waals surface area (Å²) in [5, 5.41) is 8.30. The summed E-state index contributed by atoms with van der Waals surface area (Å²) in [5.74, 6) is -1.34. The van der Waals surface area contributed by atoms with Crippen LogP contribution in [-0.4, -0.2) is 19.5 Å². The van der Waals surface area contributed by atoms with Gasteiger partial charge in [-0.15, -0.1) is 0 Å². The van der Waals surface area contributed by atoms with Gasteiger partial charge in [0, 0.05) is 5.69 Å². The van der Waals surface area contributed by atoms with E-state index in [-0.39, 0.29) is 11.3 Å². The maximum absolute atomic E-state index is 12.8. The van der Waals surface area contributed by atoms with Crippen LogP contribution in [0.15, 0.2) is 47.4 Å². The van der Waals surface area contributed by atoms with Gasteiger partial charge in [-0.25, -0.2) is 13.2 Å². The molecule has 0 radical (unpaired) electrons. The van der Waals surface area contributed by atoms with E-state index in [1.807, 2.05) is 4.72 Å². The van der Waals surface area contributed by atoms with Crippen LogP contribution >= 0.6 is 11.6 Å². The van der Waals surface area contributed by atoms with Crippen LogP contribution in [0.5, 0.6) is 0 Å². The summed E-state index contributed by atoms with van der Waals surface area (Å²) in [6.07, 6.45) is -4.75. The van der Waals surface area contributed by atoms with Crippen LogP contribution in [0.25, 0.3) is 0 Å². The van der Waals surface area contributed by atoms with Crippen molar-refractivity contribution in [2.45, 2.75) is 11.1 Å². The van der Waals surface area contributed by atoms with E-state index in [1.54, 1.807) is 0 Å². The fourth-order valence-electron chi connectivity index (χ4n) is 1.82. The van der Waals surface area contributed by atoms with Crippen LogP contribution in [0, 0.1) is 0 Å². The normalized spacial score (nSPS) is 12.0. The van der Waals surface area contributed by atoms with Crippen molar-refractivity contribution in [3.63, 3.8) is 0 Å². The first-order valence-corrected chi connectivity index (χ1v) is 8.10. The number of carboxylic acids is 1. The van der Waals surface area contributed by atoms with E-state index < -0.39 is 37.7 Å². The van der Waals surface area contributed by atoms with Gasteiger partial charge in [0.25, 0.3) is 10.0 Å². The Morgan fingerprint density at radius 1 is 1.12 bits per heavy atom. The molecule has 0 unspecified atom stereocenters. The molecular formula is C14H9ClF3NO4S. The Balaban J connectivity index is 2.40. The van der Waals surface area contributed by atoms with Crippen LogP contribution in [0.3, 0.4) is 0 Å². The van der Waals surface area contributed by atoms with Crippen molar-refractivity contribution in [3.05, 3.63) is 58.6 Å². The Kier molecular flexibility index (Phi) is 4.77. The van der Waals surface area contributed by atoms with Crippen molar-refractivity contribution in [2.24, 2.45) is 0 Å². The number of alkyl halides is 3. The number of anilines is 1. The molecule has 0 aliphatic carbocycles. The van der Waals surface area contributed by atoms with Crippen LogP contribution in [0.1, 0.15) is 15.9 Å². The molecule has 0 saturated heterocycles. The first-order valence-electron chi connectivity index (χ1n) is 6.23. The molecule has 0 aliphatic heterocycles. The molecule has 0 saturated carbocycles. The lowest BCUT2D eigenvalue weighted by molar-refractivity contribution is -0.137. The molecular weight excluding hydrogens is 371 g/mol. The molecule has 0 fully saturated rings. The number of benzene rings is 2. The van der Waals surface area contributed by atoms with E-state index in [9.17, 15) is 26.4 Å². The van der Waals surface area contributed by atoms with Gasteiger partial charge in [0.15, 0.2) is 0 Å². The van der Waals surface area contributed by atoms with Gasteiger partial charge in [0.1, 0.15) is 0 Å². The number of hydrogen-bond donors (Lipinski definition) is 2. The summed E-state index contributed by atoms with van der Waals surface area (Å²) in [6.45, 7) is 0. The third kappa shape index (κ3) is 3.98. The van der Waals surface area contributed by atoms with E-state index in [0.717, 1.165) is 24.3 Å². The lowest BCUT2D eigenvalue weighted by Crippen LogP contribution is -2.15. The van der Waals surface area contributed by atoms with Gasteiger partial charge in [-0.3, -0.25) is 4.72 Å². The zero-order valence-corrected chi connectivity index (χ0v) is 13.2. The first-order chi connectivity index (χ1) is 11.0. The Hall–Kier alpha value is -2.26. The summed E-state index contributed by atoms with van der Waals surface area (Å²) in [7, 11) is -4.27. The van der Waals surface area contributed by atoms with Crippen molar-refractivity contribution < 1.29 is 31.5 Å². The minimum Gasteiger partial charge on any atom is -0.478 e. The van der Waals surface area contributed by atoms with Gasteiger partial charge in [-0.2, -0.15) is 13.2 Å². The third-order valence-corrected chi connectivity index (χ3v) is 4.62. The third-order valence-electron chi connectivity index (χ3n) is 2.92. The quantitative estimate of drug-likeness (QED) is 0.845. The van der Waals surface area contributed by atoms with Gasteiger partial charge in [0.2, 0.25) is 0 Å². The number of nitrogens with one attached hydrogen (secondary N) is 1. The number of carboxylic acid groups (broad SMARTS) is 1. The lowest BCUT2D eigenvalue weighted by atomic mass is 10.2. The standard InChI is InChI=1S/C14H9ClF3NO4S/c15-12-5-4-9(7-11(12)14(16,17)18)19-24(22,23)10-3-1-2-8(6-10)13(20)21/h1-7,19H,(H,20,21). The topological polar surface area (TPSA) is 83.5 Å².